The Morgan fingerprint density at radius 2 is 1.58 bits per heavy atom. The van der Waals surface area contributed by atoms with Crippen LogP contribution in [0.15, 0.2) is 12.2 Å². The van der Waals surface area contributed by atoms with Crippen LogP contribution in [0, 0.1) is 0 Å². The molecular weight excluding hydrogens is 354 g/mol. The predicted molar refractivity (Wildman–Crippen MR) is 109 cm³/mol. The predicted octanol–water partition coefficient (Wildman–Crippen LogP) is 1.23. The van der Waals surface area contributed by atoms with Gasteiger partial charge in [0.05, 0.1) is 0 Å². The summed E-state index contributed by atoms with van der Waals surface area (Å²) in [4.78, 5) is 26.3. The van der Waals surface area contributed by atoms with Gasteiger partial charge in [-0.1, -0.05) is 13.5 Å². The van der Waals surface area contributed by atoms with Gasteiger partial charge in [0.15, 0.2) is 0 Å². The number of thioether (sulfide) groups is 1. The summed E-state index contributed by atoms with van der Waals surface area (Å²) in [5.41, 5.74) is 5.84. The first-order valence-electron chi connectivity index (χ1n) is 8.76. The number of ether oxygens (including phenoxy) is 2. The molecule has 0 fully saturated rings. The van der Waals surface area contributed by atoms with E-state index in [0.717, 1.165) is 25.3 Å². The Bertz CT molecular complexity index is 404. The van der Waals surface area contributed by atoms with E-state index in [-0.39, 0.29) is 17.2 Å². The van der Waals surface area contributed by atoms with Gasteiger partial charge in [-0.2, -0.15) is 0 Å². The van der Waals surface area contributed by atoms with Crippen LogP contribution >= 0.6 is 11.8 Å². The summed E-state index contributed by atoms with van der Waals surface area (Å²) < 4.78 is 9.99. The van der Waals surface area contributed by atoms with Crippen molar-refractivity contribution in [2.75, 3.05) is 66.8 Å². The number of hydrogen-bond acceptors (Lipinski definition) is 8. The second-order valence-electron chi connectivity index (χ2n) is 6.25. The maximum Gasteiger partial charge on any atom is 0.333 e. The van der Waals surface area contributed by atoms with Gasteiger partial charge in [-0.05, 0) is 41.5 Å². The molecule has 1 unspecified atom stereocenters. The highest BCUT2D eigenvalue weighted by molar-refractivity contribution is 8.00. The fourth-order valence-electron chi connectivity index (χ4n) is 1.43. The number of carbonyl (C=O) groups is 2. The van der Waals surface area contributed by atoms with Crippen molar-refractivity contribution in [2.24, 2.45) is 5.73 Å². The number of carbonyl (C=O) groups excluding carboxylic acids is 2. The molecule has 0 aromatic rings. The second-order valence-corrected chi connectivity index (χ2v) is 7.56. The first-order valence-corrected chi connectivity index (χ1v) is 9.80. The molecule has 0 bridgehead atoms. The van der Waals surface area contributed by atoms with Gasteiger partial charge in [0.2, 0.25) is 0 Å². The van der Waals surface area contributed by atoms with Gasteiger partial charge in [-0.3, -0.25) is 4.79 Å². The maximum absolute atomic E-state index is 11.6. The van der Waals surface area contributed by atoms with Crippen LogP contribution in [0.4, 0.5) is 0 Å². The summed E-state index contributed by atoms with van der Waals surface area (Å²) in [7, 11) is 7.76. The smallest absolute Gasteiger partial charge is 0.333 e. The fourth-order valence-corrected chi connectivity index (χ4v) is 2.29. The summed E-state index contributed by atoms with van der Waals surface area (Å²) in [6.45, 7) is 10.1. The Morgan fingerprint density at radius 3 is 1.96 bits per heavy atom. The van der Waals surface area contributed by atoms with Crippen LogP contribution < -0.4 is 5.73 Å². The largest absolute Gasteiger partial charge is 0.463 e. The van der Waals surface area contributed by atoms with Crippen LogP contribution in [0.3, 0.4) is 0 Å². The minimum atomic E-state index is -0.313. The number of likely N-dealkylation sites (N-methyl/N-ethyl adjacent to an activating group) is 2. The van der Waals surface area contributed by atoms with Gasteiger partial charge in [-0.15, -0.1) is 11.8 Å². The van der Waals surface area contributed by atoms with E-state index < -0.39 is 0 Å². The minimum absolute atomic E-state index is 0.0595. The fraction of sp³-hybridized carbons (Fsp3) is 0.778. The lowest BCUT2D eigenvalue weighted by atomic mass is 10.3. The van der Waals surface area contributed by atoms with E-state index >= 15 is 0 Å². The first-order chi connectivity index (χ1) is 12.1. The van der Waals surface area contributed by atoms with Crippen molar-refractivity contribution in [1.82, 2.24) is 9.80 Å². The number of hydrogen-bond donors (Lipinski definition) is 1. The van der Waals surface area contributed by atoms with E-state index in [0.29, 0.717) is 25.3 Å². The molecule has 26 heavy (non-hydrogen) atoms. The minimum Gasteiger partial charge on any atom is -0.463 e. The molecule has 154 valence electrons. The third-order valence-electron chi connectivity index (χ3n) is 2.97. The van der Waals surface area contributed by atoms with Crippen LogP contribution in [0.25, 0.3) is 0 Å². The third-order valence-corrected chi connectivity index (χ3v) is 4.37. The number of nitrogens with two attached hydrogens (primary N) is 1. The Labute approximate surface area is 163 Å². The molecule has 8 heteroatoms. The molecule has 2 N–H and O–H groups in total. The zero-order chi connectivity index (χ0) is 20.5. The molecule has 0 aliphatic carbocycles. The molecule has 1 atom stereocenters. The van der Waals surface area contributed by atoms with Crippen molar-refractivity contribution in [3.05, 3.63) is 12.2 Å². The highest BCUT2D eigenvalue weighted by Gasteiger charge is 2.17. The molecule has 0 radical (unpaired) electrons. The van der Waals surface area contributed by atoms with E-state index in [1.54, 1.807) is 18.7 Å². The van der Waals surface area contributed by atoms with Crippen molar-refractivity contribution < 1.29 is 19.1 Å². The van der Waals surface area contributed by atoms with E-state index in [4.69, 9.17) is 15.2 Å². The summed E-state index contributed by atoms with van der Waals surface area (Å²) >= 11 is 1.58. The summed E-state index contributed by atoms with van der Waals surface area (Å²) in [6, 6.07) is 0. The number of nitrogens with zero attached hydrogens (tertiary/aromatic N) is 2. The van der Waals surface area contributed by atoms with Crippen molar-refractivity contribution >= 4 is 23.7 Å². The van der Waals surface area contributed by atoms with E-state index in [1.165, 1.54) is 0 Å². The Kier molecular flexibility index (Phi) is 18.1. The molecular formula is C18H37N3O4S. The molecule has 0 aliphatic heterocycles. The van der Waals surface area contributed by atoms with Gasteiger partial charge in [0.25, 0.3) is 0 Å². The molecule has 7 nitrogen and oxygen atoms in total. The quantitative estimate of drug-likeness (QED) is 0.393. The lowest BCUT2D eigenvalue weighted by Crippen LogP contribution is -2.25. The molecule has 0 amide bonds. The average Bonchev–Trinajstić information content (AvgIpc) is 2.55. The zero-order valence-corrected chi connectivity index (χ0v) is 18.1. The van der Waals surface area contributed by atoms with Crippen molar-refractivity contribution in [2.45, 2.75) is 25.5 Å². The van der Waals surface area contributed by atoms with E-state index in [1.807, 2.05) is 44.9 Å². The van der Waals surface area contributed by atoms with Gasteiger partial charge in [0, 0.05) is 31.0 Å². The topological polar surface area (TPSA) is 85.1 Å². The van der Waals surface area contributed by atoms with Crippen LogP contribution in [-0.4, -0.2) is 93.8 Å². The SMILES string of the molecule is C=C(C)C(=O)OCCN(C)C.CCC(SCCN)C(=O)OCCN(C)C. The monoisotopic (exact) mass is 391 g/mol. The highest BCUT2D eigenvalue weighted by atomic mass is 32.2. The van der Waals surface area contributed by atoms with Crippen molar-refractivity contribution in [3.63, 3.8) is 0 Å². The zero-order valence-electron chi connectivity index (χ0n) is 17.2. The molecule has 0 aromatic heterocycles. The normalized spacial score (nSPS) is 11.6. The van der Waals surface area contributed by atoms with Crippen LogP contribution in [0.5, 0.6) is 0 Å². The van der Waals surface area contributed by atoms with Crippen LogP contribution in [-0.2, 0) is 19.1 Å². The molecule has 0 rings (SSSR count). The molecule has 0 aromatic carbocycles. The number of rotatable bonds is 12. The van der Waals surface area contributed by atoms with E-state index in [9.17, 15) is 9.59 Å². The highest BCUT2D eigenvalue weighted by Crippen LogP contribution is 2.15. The standard InChI is InChI=1S/C10H22N2O2S.C8H15NO2/c1-4-9(15-8-5-11)10(13)14-7-6-12(2)3;1-7(2)8(10)11-6-5-9(3)4/h9H,4-8,11H2,1-3H3;1,5-6H2,2-4H3. The Morgan fingerprint density at radius 1 is 1.08 bits per heavy atom. The van der Waals surface area contributed by atoms with Gasteiger partial charge >= 0.3 is 11.9 Å². The molecule has 0 spiro atoms. The molecule has 0 aliphatic rings. The average molecular weight is 392 g/mol. The Hall–Kier alpha value is -1.09. The van der Waals surface area contributed by atoms with Crippen LogP contribution in [0.2, 0.25) is 0 Å². The lowest BCUT2D eigenvalue weighted by molar-refractivity contribution is -0.143. The summed E-state index contributed by atoms with van der Waals surface area (Å²) in [5, 5.41) is -0.0595. The van der Waals surface area contributed by atoms with Gasteiger partial charge in [-0.25, -0.2) is 4.79 Å². The van der Waals surface area contributed by atoms with Crippen molar-refractivity contribution in [1.29, 1.82) is 0 Å². The summed E-state index contributed by atoms with van der Waals surface area (Å²) in [6.07, 6.45) is 0.797. The maximum atomic E-state index is 11.6. The summed E-state index contributed by atoms with van der Waals surface area (Å²) in [5.74, 6) is 0.381. The molecule has 0 heterocycles. The molecule has 0 saturated carbocycles. The number of esters is 2. The van der Waals surface area contributed by atoms with Crippen LogP contribution in [0.1, 0.15) is 20.3 Å². The van der Waals surface area contributed by atoms with Gasteiger partial charge < -0.3 is 25.0 Å². The first kappa shape index (κ1) is 27.1. The third kappa shape index (κ3) is 17.7. The second kappa shape index (κ2) is 17.3. The van der Waals surface area contributed by atoms with E-state index in [2.05, 4.69) is 6.58 Å². The van der Waals surface area contributed by atoms with Crippen molar-refractivity contribution in [3.8, 4) is 0 Å². The Balaban J connectivity index is 0. The lowest BCUT2D eigenvalue weighted by Gasteiger charge is -2.15. The molecule has 0 saturated heterocycles. The van der Waals surface area contributed by atoms with Gasteiger partial charge in [0.1, 0.15) is 18.5 Å².